The molecule has 5 aromatic carbocycles. The van der Waals surface area contributed by atoms with Crippen LogP contribution in [0.3, 0.4) is 0 Å². The van der Waals surface area contributed by atoms with Gasteiger partial charge in [0, 0.05) is 41.9 Å². The molecule has 0 aromatic heterocycles. The van der Waals surface area contributed by atoms with Gasteiger partial charge in [-0.05, 0) is 111 Å². The minimum Gasteiger partial charge on any atom is -0.478 e. The van der Waals surface area contributed by atoms with E-state index < -0.39 is 5.97 Å². The summed E-state index contributed by atoms with van der Waals surface area (Å²) in [5.41, 5.74) is 6.47. The van der Waals surface area contributed by atoms with E-state index >= 15 is 0 Å². The van der Waals surface area contributed by atoms with Crippen LogP contribution in [0, 0.1) is 17.8 Å². The Bertz CT molecular complexity index is 2090. The molecule has 6 aliphatic heterocycles. The number of piperidine rings is 6. The van der Waals surface area contributed by atoms with Crippen LogP contribution in [-0.2, 0) is 0 Å². The summed E-state index contributed by atoms with van der Waals surface area (Å²) in [6.45, 7) is 4.67. The van der Waals surface area contributed by atoms with Gasteiger partial charge >= 0.3 is 5.97 Å². The monoisotopic (exact) mass is 796 g/mol. The van der Waals surface area contributed by atoms with Crippen LogP contribution in [0.25, 0.3) is 0 Å². The van der Waals surface area contributed by atoms with Crippen molar-refractivity contribution in [3.05, 3.63) is 179 Å². The second kappa shape index (κ2) is 19.0. The van der Waals surface area contributed by atoms with Gasteiger partial charge in [0.1, 0.15) is 0 Å². The van der Waals surface area contributed by atoms with Crippen LogP contribution in [0.2, 0.25) is 0 Å². The molecule has 6 heteroatoms. The van der Waals surface area contributed by atoms with Crippen molar-refractivity contribution >= 4 is 18.4 Å². The molecule has 12 rings (SSSR count). The van der Waals surface area contributed by atoms with Crippen molar-refractivity contribution in [3.63, 3.8) is 0 Å². The Balaban J connectivity index is 0.000000155. The predicted molar refractivity (Wildman–Crippen MR) is 245 cm³/mol. The summed E-state index contributed by atoms with van der Waals surface area (Å²) in [5.74, 6) is 1.70. The van der Waals surface area contributed by atoms with Crippen molar-refractivity contribution in [1.82, 2.24) is 9.80 Å². The maximum absolute atomic E-state index is 11.7. The zero-order valence-corrected chi connectivity index (χ0v) is 34.8. The third-order valence-corrected chi connectivity index (χ3v) is 14.4. The van der Waals surface area contributed by atoms with Gasteiger partial charge in [-0.3, -0.25) is 19.8 Å². The average molecular weight is 797 g/mol. The Kier molecular flexibility index (Phi) is 12.8. The fraction of sp³-hybridized carbons (Fsp3) is 0.389. The molecule has 6 nitrogen and oxygen atoms in total. The number of aliphatic imine (C=N–C) groups is 2. The van der Waals surface area contributed by atoms with E-state index in [9.17, 15) is 9.90 Å². The van der Waals surface area contributed by atoms with E-state index in [0.29, 0.717) is 35.0 Å². The highest BCUT2D eigenvalue weighted by molar-refractivity contribution is 5.98. The van der Waals surface area contributed by atoms with Gasteiger partial charge in [-0.1, -0.05) is 152 Å². The lowest BCUT2D eigenvalue weighted by Gasteiger charge is -2.52. The van der Waals surface area contributed by atoms with E-state index in [1.807, 2.05) is 12.1 Å². The molecule has 1 N–H and O–H groups in total. The quantitative estimate of drug-likeness (QED) is 0.135. The first kappa shape index (κ1) is 40.2. The Labute approximate surface area is 357 Å². The van der Waals surface area contributed by atoms with Gasteiger partial charge in [0.05, 0.1) is 17.6 Å². The number of aromatic carboxylic acids is 1. The molecule has 60 heavy (non-hydrogen) atoms. The molecule has 0 amide bonds. The number of carbonyl (C=O) groups is 1. The number of benzene rings is 5. The second-order valence-electron chi connectivity index (χ2n) is 17.8. The Morgan fingerprint density at radius 1 is 0.517 bits per heavy atom. The van der Waals surface area contributed by atoms with Gasteiger partial charge in [-0.2, -0.15) is 0 Å². The Morgan fingerprint density at radius 2 is 0.900 bits per heavy atom. The van der Waals surface area contributed by atoms with Gasteiger partial charge in [0.25, 0.3) is 0 Å². The van der Waals surface area contributed by atoms with Crippen LogP contribution in [-0.4, -0.2) is 83.7 Å². The van der Waals surface area contributed by atoms with Gasteiger partial charge in [-0.15, -0.1) is 0 Å². The van der Waals surface area contributed by atoms with Crippen molar-refractivity contribution in [2.75, 3.05) is 26.2 Å². The smallest absolute Gasteiger partial charge is 0.336 e. The SMILES string of the molecule is C(=N\[C@@H]1C2CCN(CC2)[C@H]1C(c1ccccc1)c1ccccc1)/C1CCCC1.O=C(O)c1ccccc1/C=N/[C@@H]1C2CCN(CC2)[C@H]1C(c1ccccc1)c1ccccc1. The van der Waals surface area contributed by atoms with Gasteiger partial charge < -0.3 is 5.11 Å². The zero-order valence-electron chi connectivity index (χ0n) is 34.8. The molecular weight excluding hydrogens is 737 g/mol. The van der Waals surface area contributed by atoms with Crippen molar-refractivity contribution in [1.29, 1.82) is 0 Å². The lowest BCUT2D eigenvalue weighted by atomic mass is 9.71. The van der Waals surface area contributed by atoms with Crippen LogP contribution in [0.1, 0.15) is 101 Å². The third-order valence-electron chi connectivity index (χ3n) is 14.4. The molecule has 6 heterocycles. The van der Waals surface area contributed by atoms with Crippen LogP contribution < -0.4 is 0 Å². The summed E-state index contributed by atoms with van der Waals surface area (Å²) in [6, 6.07) is 52.2. The van der Waals surface area contributed by atoms with E-state index in [2.05, 4.69) is 137 Å². The number of carboxylic acid groups (broad SMARTS) is 1. The Morgan fingerprint density at radius 3 is 1.32 bits per heavy atom. The van der Waals surface area contributed by atoms with Gasteiger partial charge in [0.2, 0.25) is 0 Å². The third kappa shape index (κ3) is 8.82. The fourth-order valence-electron chi connectivity index (χ4n) is 11.5. The maximum Gasteiger partial charge on any atom is 0.336 e. The molecule has 308 valence electrons. The van der Waals surface area contributed by atoms with Gasteiger partial charge in [-0.25, -0.2) is 4.79 Å². The summed E-state index contributed by atoms with van der Waals surface area (Å²) >= 11 is 0. The molecule has 0 radical (unpaired) electrons. The minimum atomic E-state index is -0.913. The number of hydrogen-bond donors (Lipinski definition) is 1. The first-order valence-corrected chi connectivity index (χ1v) is 22.7. The lowest BCUT2D eigenvalue weighted by molar-refractivity contribution is 0.0214. The van der Waals surface area contributed by atoms with Crippen molar-refractivity contribution < 1.29 is 9.90 Å². The number of nitrogens with zero attached hydrogens (tertiary/aromatic N) is 4. The van der Waals surface area contributed by atoms with Crippen LogP contribution in [0.4, 0.5) is 0 Å². The molecular formula is C54H60N4O2. The molecule has 5 aromatic rings. The largest absolute Gasteiger partial charge is 0.478 e. The first-order valence-electron chi connectivity index (χ1n) is 22.7. The topological polar surface area (TPSA) is 68.5 Å². The molecule has 1 aliphatic carbocycles. The van der Waals surface area contributed by atoms with Crippen molar-refractivity contribution in [2.24, 2.45) is 27.7 Å². The molecule has 1 saturated carbocycles. The number of fused-ring (bicyclic) bond motifs is 6. The van der Waals surface area contributed by atoms with E-state index in [4.69, 9.17) is 9.98 Å². The summed E-state index contributed by atoms with van der Waals surface area (Å²) in [6.07, 6.45) is 14.6. The highest BCUT2D eigenvalue weighted by Gasteiger charge is 2.47. The summed E-state index contributed by atoms with van der Waals surface area (Å²) in [5, 5.41) is 9.58. The van der Waals surface area contributed by atoms with E-state index in [1.54, 1.807) is 18.3 Å². The zero-order chi connectivity index (χ0) is 40.7. The second-order valence-corrected chi connectivity index (χ2v) is 17.8. The van der Waals surface area contributed by atoms with Gasteiger partial charge in [0.15, 0.2) is 0 Å². The molecule has 4 bridgehead atoms. The highest BCUT2D eigenvalue weighted by Crippen LogP contribution is 2.45. The molecule has 0 unspecified atom stereocenters. The highest BCUT2D eigenvalue weighted by atomic mass is 16.4. The number of hydrogen-bond acceptors (Lipinski definition) is 5. The summed E-state index contributed by atoms with van der Waals surface area (Å²) < 4.78 is 0. The van der Waals surface area contributed by atoms with Crippen molar-refractivity contribution in [3.8, 4) is 0 Å². The van der Waals surface area contributed by atoms with E-state index in [1.165, 1.54) is 73.9 Å². The number of carboxylic acids is 1. The molecule has 6 saturated heterocycles. The van der Waals surface area contributed by atoms with Crippen LogP contribution >= 0.6 is 0 Å². The maximum atomic E-state index is 11.7. The van der Waals surface area contributed by atoms with Crippen molar-refractivity contribution in [2.45, 2.75) is 87.4 Å². The Hall–Kier alpha value is -5.17. The molecule has 7 fully saturated rings. The predicted octanol–water partition coefficient (Wildman–Crippen LogP) is 10.6. The normalized spacial score (nSPS) is 27.4. The van der Waals surface area contributed by atoms with Crippen LogP contribution in [0.5, 0.6) is 0 Å². The lowest BCUT2D eigenvalue weighted by Crippen LogP contribution is -2.59. The summed E-state index contributed by atoms with van der Waals surface area (Å²) in [7, 11) is 0. The molecule has 4 atom stereocenters. The molecule has 0 spiro atoms. The summed E-state index contributed by atoms with van der Waals surface area (Å²) in [4.78, 5) is 27.5. The number of rotatable bonds is 11. The standard InChI is InChI=1S/C28H28N2O2.C26H32N2/c31-28(32)24-14-8-7-13-23(24)19-29-26-22-15-17-30(18-16-22)27(26)25(20-9-3-1-4-10-20)21-11-5-2-6-12-21;1-3-11-21(12-4-1)24(22-13-5-2-6-14-22)26-25(23-15-17-28(26)18-16-23)27-19-20-9-7-8-10-20/h1-14,19,22,25-27H,15-18H2,(H,31,32);1-6,11-14,19-20,23-26H,7-10,15-18H2/b29-19+;27-19+/t26-,27+;25-,26+/m11/s1. The average Bonchev–Trinajstić information content (AvgIpc) is 3.85. The minimum absolute atomic E-state index is 0.129. The van der Waals surface area contributed by atoms with E-state index in [0.717, 1.165) is 37.8 Å². The van der Waals surface area contributed by atoms with Crippen LogP contribution in [0.15, 0.2) is 156 Å². The fourth-order valence-corrected chi connectivity index (χ4v) is 11.5. The van der Waals surface area contributed by atoms with E-state index in [-0.39, 0.29) is 18.0 Å². The first-order chi connectivity index (χ1) is 29.6. The molecule has 7 aliphatic rings.